The molecule has 0 aliphatic carbocycles. The number of aromatic nitrogens is 1. The van der Waals surface area contributed by atoms with Crippen LogP contribution in [0.5, 0.6) is 0 Å². The summed E-state index contributed by atoms with van der Waals surface area (Å²) in [5.74, 6) is -0.274. The summed E-state index contributed by atoms with van der Waals surface area (Å²) in [6.45, 7) is 0. The normalized spacial score (nSPS) is 11.1. The molecule has 0 aliphatic heterocycles. The molecule has 28 heavy (non-hydrogen) atoms. The van der Waals surface area contributed by atoms with Crippen LogP contribution >= 0.6 is 22.9 Å². The van der Waals surface area contributed by atoms with E-state index in [0.29, 0.717) is 5.02 Å². The molecule has 4 aromatic rings. The minimum atomic E-state index is -0.274. The van der Waals surface area contributed by atoms with Crippen LogP contribution in [0.2, 0.25) is 5.02 Å². The number of benzene rings is 3. The second kappa shape index (κ2) is 8.33. The highest BCUT2D eigenvalue weighted by Crippen LogP contribution is 2.32. The van der Waals surface area contributed by atoms with E-state index in [4.69, 9.17) is 16.6 Å². The van der Waals surface area contributed by atoms with Gasteiger partial charge < -0.3 is 0 Å². The van der Waals surface area contributed by atoms with Crippen molar-refractivity contribution >= 4 is 40.0 Å². The van der Waals surface area contributed by atoms with Gasteiger partial charge in [-0.15, -0.1) is 11.3 Å². The van der Waals surface area contributed by atoms with Crippen LogP contribution in [0.1, 0.15) is 5.56 Å². The average Bonchev–Trinajstić information content (AvgIpc) is 3.21. The number of para-hydroxylation sites is 1. The van der Waals surface area contributed by atoms with Gasteiger partial charge in [-0.2, -0.15) is 5.10 Å². The van der Waals surface area contributed by atoms with Gasteiger partial charge in [0, 0.05) is 16.0 Å². The zero-order valence-electron chi connectivity index (χ0n) is 14.7. The van der Waals surface area contributed by atoms with E-state index in [9.17, 15) is 4.39 Å². The Balaban J connectivity index is 1.68. The lowest BCUT2D eigenvalue weighted by Crippen LogP contribution is -2.09. The smallest absolute Gasteiger partial charge is 0.211 e. The van der Waals surface area contributed by atoms with Crippen molar-refractivity contribution in [3.05, 3.63) is 101 Å². The molecule has 3 nitrogen and oxygen atoms in total. The number of anilines is 2. The van der Waals surface area contributed by atoms with Crippen LogP contribution in [0, 0.1) is 5.82 Å². The Kier molecular flexibility index (Phi) is 5.46. The monoisotopic (exact) mass is 407 g/mol. The van der Waals surface area contributed by atoms with E-state index in [1.807, 2.05) is 60.0 Å². The van der Waals surface area contributed by atoms with Gasteiger partial charge in [-0.3, -0.25) is 0 Å². The van der Waals surface area contributed by atoms with Gasteiger partial charge in [0.25, 0.3) is 0 Å². The zero-order valence-corrected chi connectivity index (χ0v) is 16.2. The third kappa shape index (κ3) is 4.27. The van der Waals surface area contributed by atoms with Crippen LogP contribution in [0.4, 0.5) is 15.2 Å². The third-order valence-electron chi connectivity index (χ3n) is 4.01. The second-order valence-electron chi connectivity index (χ2n) is 5.97. The summed E-state index contributed by atoms with van der Waals surface area (Å²) in [6.07, 6.45) is 1.69. The quantitative estimate of drug-likeness (QED) is 0.269. The summed E-state index contributed by atoms with van der Waals surface area (Å²) < 4.78 is 13.1. The lowest BCUT2D eigenvalue weighted by atomic mass is 10.2. The van der Waals surface area contributed by atoms with Gasteiger partial charge in [0.2, 0.25) is 5.13 Å². The molecule has 0 saturated carbocycles. The lowest BCUT2D eigenvalue weighted by molar-refractivity contribution is 0.628. The summed E-state index contributed by atoms with van der Waals surface area (Å²) in [4.78, 5) is 4.74. The second-order valence-corrected chi connectivity index (χ2v) is 7.24. The summed E-state index contributed by atoms with van der Waals surface area (Å²) in [7, 11) is 0. The fourth-order valence-electron chi connectivity index (χ4n) is 2.58. The minimum Gasteiger partial charge on any atom is -0.218 e. The Labute approximate surface area is 171 Å². The Hall–Kier alpha value is -3.02. The molecule has 0 bridgehead atoms. The average molecular weight is 408 g/mol. The van der Waals surface area contributed by atoms with Crippen molar-refractivity contribution in [2.45, 2.75) is 0 Å². The summed E-state index contributed by atoms with van der Waals surface area (Å²) in [5, 5.41) is 9.78. The highest BCUT2D eigenvalue weighted by atomic mass is 35.5. The third-order valence-corrected chi connectivity index (χ3v) is 5.07. The van der Waals surface area contributed by atoms with Crippen LogP contribution in [-0.4, -0.2) is 11.2 Å². The van der Waals surface area contributed by atoms with Crippen molar-refractivity contribution in [2.75, 3.05) is 5.01 Å². The van der Waals surface area contributed by atoms with Gasteiger partial charge in [0.05, 0.1) is 17.6 Å². The number of halogens is 2. The zero-order chi connectivity index (χ0) is 19.3. The van der Waals surface area contributed by atoms with E-state index in [1.54, 1.807) is 23.4 Å². The Morgan fingerprint density at radius 3 is 2.36 bits per heavy atom. The number of hydrogen-bond donors (Lipinski definition) is 0. The molecule has 0 spiro atoms. The number of hydrogen-bond acceptors (Lipinski definition) is 4. The van der Waals surface area contributed by atoms with Gasteiger partial charge in [-0.1, -0.05) is 54.1 Å². The fourth-order valence-corrected chi connectivity index (χ4v) is 3.52. The van der Waals surface area contributed by atoms with E-state index in [1.165, 1.54) is 23.5 Å². The molecule has 6 heteroatoms. The topological polar surface area (TPSA) is 28.5 Å². The molecule has 0 aliphatic rings. The van der Waals surface area contributed by atoms with Crippen molar-refractivity contribution in [3.8, 4) is 11.3 Å². The molecule has 0 unspecified atom stereocenters. The highest BCUT2D eigenvalue weighted by Gasteiger charge is 2.13. The van der Waals surface area contributed by atoms with Crippen LogP contribution in [0.25, 0.3) is 11.3 Å². The number of rotatable bonds is 5. The molecule has 0 amide bonds. The van der Waals surface area contributed by atoms with Crippen LogP contribution in [-0.2, 0) is 0 Å². The maximum atomic E-state index is 13.1. The predicted molar refractivity (Wildman–Crippen MR) is 115 cm³/mol. The molecule has 1 aromatic heterocycles. The first-order valence-corrected chi connectivity index (χ1v) is 9.81. The van der Waals surface area contributed by atoms with Gasteiger partial charge >= 0.3 is 0 Å². The van der Waals surface area contributed by atoms with E-state index in [0.717, 1.165) is 27.6 Å². The molecule has 0 saturated heterocycles. The first kappa shape index (κ1) is 18.3. The Morgan fingerprint density at radius 2 is 1.64 bits per heavy atom. The minimum absolute atomic E-state index is 0.274. The Morgan fingerprint density at radius 1 is 0.929 bits per heavy atom. The van der Waals surface area contributed by atoms with E-state index < -0.39 is 0 Å². The van der Waals surface area contributed by atoms with E-state index in [-0.39, 0.29) is 5.82 Å². The van der Waals surface area contributed by atoms with Crippen molar-refractivity contribution < 1.29 is 4.39 Å². The number of hydrazone groups is 1. The van der Waals surface area contributed by atoms with Crippen LogP contribution in [0.15, 0.2) is 89.3 Å². The largest absolute Gasteiger partial charge is 0.218 e. The standard InChI is InChI=1S/C22H15ClFN3S/c23-18-10-8-17(9-11-18)21-15-28-22(26-21)27(20-4-2-1-3-5-20)25-14-16-6-12-19(24)13-7-16/h1-15H/b25-14-. The summed E-state index contributed by atoms with van der Waals surface area (Å²) in [6, 6.07) is 23.5. The molecule has 0 fully saturated rings. The van der Waals surface area contributed by atoms with Gasteiger partial charge in [0.15, 0.2) is 0 Å². The maximum Gasteiger partial charge on any atom is 0.211 e. The Bertz CT molecular complexity index is 1080. The molecule has 4 rings (SSSR count). The molecule has 0 radical (unpaired) electrons. The predicted octanol–water partition coefficient (Wildman–Crippen LogP) is 6.77. The van der Waals surface area contributed by atoms with Crippen molar-refractivity contribution in [2.24, 2.45) is 5.10 Å². The van der Waals surface area contributed by atoms with Gasteiger partial charge in [0.1, 0.15) is 5.82 Å². The molecular weight excluding hydrogens is 393 g/mol. The molecule has 138 valence electrons. The highest BCUT2D eigenvalue weighted by molar-refractivity contribution is 7.14. The molecule has 0 atom stereocenters. The van der Waals surface area contributed by atoms with Crippen LogP contribution in [0.3, 0.4) is 0 Å². The molecule has 3 aromatic carbocycles. The van der Waals surface area contributed by atoms with Gasteiger partial charge in [-0.25, -0.2) is 14.4 Å². The SMILES string of the molecule is Fc1ccc(/C=N\N(c2ccccc2)c2nc(-c3ccc(Cl)cc3)cs2)cc1. The van der Waals surface area contributed by atoms with Crippen molar-refractivity contribution in [3.63, 3.8) is 0 Å². The summed E-state index contributed by atoms with van der Waals surface area (Å²) >= 11 is 7.47. The first-order valence-electron chi connectivity index (χ1n) is 8.55. The molecule has 0 N–H and O–H groups in total. The van der Waals surface area contributed by atoms with Gasteiger partial charge in [-0.05, 0) is 42.0 Å². The first-order chi connectivity index (χ1) is 13.7. The van der Waals surface area contributed by atoms with Crippen molar-refractivity contribution in [1.82, 2.24) is 4.98 Å². The van der Waals surface area contributed by atoms with Crippen LogP contribution < -0.4 is 5.01 Å². The van der Waals surface area contributed by atoms with E-state index in [2.05, 4.69) is 5.10 Å². The lowest BCUT2D eigenvalue weighted by Gasteiger charge is -2.15. The number of nitrogens with zero attached hydrogens (tertiary/aromatic N) is 3. The summed E-state index contributed by atoms with van der Waals surface area (Å²) in [5.41, 5.74) is 3.53. The molecular formula is C22H15ClFN3S. The number of thiazole rings is 1. The fraction of sp³-hybridized carbons (Fsp3) is 0. The maximum absolute atomic E-state index is 13.1. The van der Waals surface area contributed by atoms with Crippen molar-refractivity contribution in [1.29, 1.82) is 0 Å². The molecule has 1 heterocycles. The van der Waals surface area contributed by atoms with E-state index >= 15 is 0 Å².